The Morgan fingerprint density at radius 2 is 1.86 bits per heavy atom. The molecule has 0 aliphatic rings. The lowest BCUT2D eigenvalue weighted by Gasteiger charge is -2.19. The number of carbonyl (C=O) groups is 1. The van der Waals surface area contributed by atoms with E-state index in [0.29, 0.717) is 17.3 Å². The number of allylic oxidation sites excluding steroid dienone is 1. The third-order valence-corrected chi connectivity index (χ3v) is 3.58. The van der Waals surface area contributed by atoms with Gasteiger partial charge < -0.3 is 9.74 Å². The minimum Gasteiger partial charge on any atom is -0.532 e. The van der Waals surface area contributed by atoms with Gasteiger partial charge in [-0.3, -0.25) is 4.79 Å². The molecule has 1 rings (SSSR count). The van der Waals surface area contributed by atoms with Crippen molar-refractivity contribution in [3.8, 4) is 0 Å². The van der Waals surface area contributed by atoms with E-state index in [2.05, 4.69) is 36.5 Å². The molecule has 4 nitrogen and oxygen atoms in total. The van der Waals surface area contributed by atoms with Crippen molar-refractivity contribution in [2.75, 3.05) is 0 Å². The second-order valence-electron chi connectivity index (χ2n) is 5.86. The van der Waals surface area contributed by atoms with Crippen LogP contribution in [0.2, 0.25) is 19.6 Å². The summed E-state index contributed by atoms with van der Waals surface area (Å²) >= 11 is 0. The summed E-state index contributed by atoms with van der Waals surface area (Å²) in [6.45, 7) is 13.8. The van der Waals surface area contributed by atoms with Gasteiger partial charge in [0.15, 0.2) is 5.88 Å². The fraction of sp³-hybridized carbons (Fsp3) is 0.294. The van der Waals surface area contributed by atoms with Crippen LogP contribution in [0.4, 0.5) is 0 Å². The zero-order chi connectivity index (χ0) is 16.8. The molecule has 0 fully saturated rings. The third kappa shape index (κ3) is 6.09. The molecule has 0 atom stereocenters. The van der Waals surface area contributed by atoms with Gasteiger partial charge in [-0.1, -0.05) is 24.3 Å². The van der Waals surface area contributed by atoms with E-state index in [-0.39, 0.29) is 5.91 Å². The van der Waals surface area contributed by atoms with Crippen LogP contribution < -0.4 is 5.32 Å². The Bertz CT molecular complexity index is 599. The van der Waals surface area contributed by atoms with Crippen molar-refractivity contribution in [3.63, 3.8) is 0 Å². The van der Waals surface area contributed by atoms with E-state index in [1.807, 2.05) is 38.1 Å². The van der Waals surface area contributed by atoms with Gasteiger partial charge in [-0.15, -0.1) is 0 Å². The number of rotatable bonds is 5. The van der Waals surface area contributed by atoms with Crippen molar-refractivity contribution in [1.82, 2.24) is 5.32 Å². The first-order valence-electron chi connectivity index (χ1n) is 7.19. The van der Waals surface area contributed by atoms with Gasteiger partial charge in [0.2, 0.25) is 8.32 Å². The first-order valence-corrected chi connectivity index (χ1v) is 10.6. The van der Waals surface area contributed by atoms with Crippen LogP contribution >= 0.6 is 0 Å². The number of hydrogen-bond acceptors (Lipinski definition) is 3. The predicted octanol–water partition coefficient (Wildman–Crippen LogP) is 4.10. The van der Waals surface area contributed by atoms with Crippen LogP contribution in [0.25, 0.3) is 0 Å². The second kappa shape index (κ2) is 7.75. The lowest BCUT2D eigenvalue weighted by atomic mass is 10.2. The fourth-order valence-electron chi connectivity index (χ4n) is 1.62. The Morgan fingerprint density at radius 1 is 1.27 bits per heavy atom. The van der Waals surface area contributed by atoms with E-state index in [9.17, 15) is 4.79 Å². The minimum absolute atomic E-state index is 0.207. The molecule has 1 amide bonds. The van der Waals surface area contributed by atoms with Crippen LogP contribution in [0, 0.1) is 0 Å². The summed E-state index contributed by atoms with van der Waals surface area (Å²) in [6.07, 6.45) is 1.88. The lowest BCUT2D eigenvalue weighted by molar-refractivity contribution is 0.0977. The Morgan fingerprint density at radius 3 is 2.36 bits per heavy atom. The van der Waals surface area contributed by atoms with E-state index in [1.165, 1.54) is 0 Å². The first kappa shape index (κ1) is 17.9. The molecule has 0 aromatic heterocycles. The molecule has 0 unspecified atom stereocenters. The van der Waals surface area contributed by atoms with Gasteiger partial charge in [-0.2, -0.15) is 4.99 Å². The number of amides is 1. The molecule has 0 bridgehead atoms. The molecule has 0 radical (unpaired) electrons. The number of hydrogen-bond donors (Lipinski definition) is 1. The van der Waals surface area contributed by atoms with Crippen molar-refractivity contribution in [3.05, 3.63) is 60.0 Å². The Kier molecular flexibility index (Phi) is 6.31. The monoisotopic (exact) mass is 316 g/mol. The van der Waals surface area contributed by atoms with Crippen molar-refractivity contribution in [2.24, 2.45) is 4.99 Å². The summed E-state index contributed by atoms with van der Waals surface area (Å²) in [7, 11) is -1.77. The molecule has 0 saturated carbocycles. The van der Waals surface area contributed by atoms with Gasteiger partial charge in [0.05, 0.1) is 0 Å². The molecule has 0 saturated heterocycles. The molecule has 0 aliphatic carbocycles. The molecular formula is C17H24N2O2Si. The van der Waals surface area contributed by atoms with Gasteiger partial charge in [0.25, 0.3) is 5.91 Å². The zero-order valence-corrected chi connectivity index (χ0v) is 14.9. The maximum atomic E-state index is 12.3. The van der Waals surface area contributed by atoms with Crippen molar-refractivity contribution >= 4 is 20.1 Å². The van der Waals surface area contributed by atoms with Crippen LogP contribution in [-0.4, -0.2) is 20.1 Å². The highest BCUT2D eigenvalue weighted by atomic mass is 28.4. The Balaban J connectivity index is 2.95. The highest BCUT2D eigenvalue weighted by Gasteiger charge is 2.17. The molecule has 118 valence electrons. The molecule has 0 aliphatic heterocycles. The summed E-state index contributed by atoms with van der Waals surface area (Å²) in [4.78, 5) is 16.6. The average molecular weight is 316 g/mol. The highest BCUT2D eigenvalue weighted by Crippen LogP contribution is 2.11. The third-order valence-electron chi connectivity index (χ3n) is 2.73. The van der Waals surface area contributed by atoms with Gasteiger partial charge in [0.1, 0.15) is 5.84 Å². The summed E-state index contributed by atoms with van der Waals surface area (Å²) in [5.41, 5.74) is 1.43. The smallest absolute Gasteiger partial charge is 0.256 e. The molecule has 5 heteroatoms. The fourth-order valence-corrected chi connectivity index (χ4v) is 2.37. The number of amidine groups is 1. The summed E-state index contributed by atoms with van der Waals surface area (Å²) < 4.78 is 5.73. The van der Waals surface area contributed by atoms with Gasteiger partial charge in [-0.05, 0) is 57.8 Å². The molecule has 0 spiro atoms. The van der Waals surface area contributed by atoms with Crippen LogP contribution in [-0.2, 0) is 4.43 Å². The first-order chi connectivity index (χ1) is 10.2. The van der Waals surface area contributed by atoms with Crippen LogP contribution in [0.3, 0.4) is 0 Å². The van der Waals surface area contributed by atoms with E-state index in [4.69, 9.17) is 4.43 Å². The molecule has 1 aromatic carbocycles. The van der Waals surface area contributed by atoms with E-state index >= 15 is 0 Å². The topological polar surface area (TPSA) is 50.7 Å². The van der Waals surface area contributed by atoms with Crippen LogP contribution in [0.1, 0.15) is 24.2 Å². The SMILES string of the molecule is C=C(N=C(NC(=O)c1ccccc1)/C(C)=C\C)O[Si](C)(C)C. The zero-order valence-electron chi connectivity index (χ0n) is 13.9. The maximum absolute atomic E-state index is 12.3. The molecule has 0 heterocycles. The maximum Gasteiger partial charge on any atom is 0.256 e. The van der Waals surface area contributed by atoms with Crippen LogP contribution in [0.15, 0.2) is 59.4 Å². The number of nitrogens with zero attached hydrogens (tertiary/aromatic N) is 1. The van der Waals surface area contributed by atoms with Crippen molar-refractivity contribution < 1.29 is 9.22 Å². The summed E-state index contributed by atoms with van der Waals surface area (Å²) in [5, 5.41) is 2.82. The second-order valence-corrected chi connectivity index (χ2v) is 10.3. The molecule has 22 heavy (non-hydrogen) atoms. The summed E-state index contributed by atoms with van der Waals surface area (Å²) in [5.74, 6) is 0.574. The Labute approximate surface area is 133 Å². The van der Waals surface area contributed by atoms with E-state index in [0.717, 1.165) is 5.57 Å². The average Bonchev–Trinajstić information content (AvgIpc) is 2.44. The quantitative estimate of drug-likeness (QED) is 0.385. The Hall–Kier alpha value is -2.14. The molecule has 1 aromatic rings. The van der Waals surface area contributed by atoms with Crippen molar-refractivity contribution in [2.45, 2.75) is 33.5 Å². The largest absolute Gasteiger partial charge is 0.532 e. The van der Waals surface area contributed by atoms with Gasteiger partial charge in [-0.25, -0.2) is 0 Å². The van der Waals surface area contributed by atoms with Gasteiger partial charge in [0, 0.05) is 5.56 Å². The molecule has 1 N–H and O–H groups in total. The van der Waals surface area contributed by atoms with Crippen LogP contribution in [0.5, 0.6) is 0 Å². The summed E-state index contributed by atoms with van der Waals surface area (Å²) in [6, 6.07) is 9.02. The highest BCUT2D eigenvalue weighted by molar-refractivity contribution is 6.70. The minimum atomic E-state index is -1.77. The number of aliphatic imine (C=N–C) groups is 1. The standard InChI is InChI=1S/C17H24N2O2Si/c1-7-13(2)16(18-14(3)21-22(4,5)6)19-17(20)15-11-9-8-10-12-15/h7-12H,3H2,1-2,4-6H3,(H,18,19,20)/b13-7-. The van der Waals surface area contributed by atoms with Crippen molar-refractivity contribution in [1.29, 1.82) is 0 Å². The number of nitrogens with one attached hydrogen (secondary N) is 1. The van der Waals surface area contributed by atoms with E-state index < -0.39 is 8.32 Å². The molecular weight excluding hydrogens is 292 g/mol. The van der Waals surface area contributed by atoms with E-state index in [1.54, 1.807) is 12.1 Å². The predicted molar refractivity (Wildman–Crippen MR) is 94.3 cm³/mol. The lowest BCUT2D eigenvalue weighted by Crippen LogP contribution is -2.32. The number of carbonyl (C=O) groups excluding carboxylic acids is 1. The van der Waals surface area contributed by atoms with Gasteiger partial charge >= 0.3 is 0 Å². The normalized spacial score (nSPS) is 12.8. The number of benzene rings is 1.